The minimum absolute atomic E-state index is 0.156. The molecule has 37 heavy (non-hydrogen) atoms. The minimum Gasteiger partial charge on any atom is -0.444 e. The number of ether oxygens (including phenoxy) is 1. The van der Waals surface area contributed by atoms with E-state index < -0.39 is 5.60 Å². The van der Waals surface area contributed by atoms with Crippen LogP contribution < -0.4 is 10.6 Å². The van der Waals surface area contributed by atoms with E-state index >= 15 is 0 Å². The summed E-state index contributed by atoms with van der Waals surface area (Å²) < 4.78 is 5.37. The minimum atomic E-state index is -0.483. The molecule has 0 aliphatic carbocycles. The number of fused-ring (bicyclic) bond motifs is 1. The molecule has 1 amide bonds. The standard InChI is InChI=1S/C29H36N6O2/c1-20-24-10-13-32-26(24)9-8-25(20)34-27-21(18-31-19-22(27)17-30)7-5-6-14-35-15-11-23(12-16-35)33-28(36)37-29(2,3)4/h5,7-10,13,18-19,23,32H,6,11-12,14-16H2,1-4H3,(H,31,34)(H,33,36)/b7-5+. The van der Waals surface area contributed by atoms with Crippen LogP contribution in [0.4, 0.5) is 16.2 Å². The number of pyridine rings is 1. The maximum atomic E-state index is 12.0. The molecule has 1 aromatic carbocycles. The molecule has 0 atom stereocenters. The number of aryl methyl sites for hydroxylation is 1. The molecule has 3 aromatic rings. The van der Waals surface area contributed by atoms with Gasteiger partial charge in [-0.2, -0.15) is 5.26 Å². The number of amides is 1. The Balaban J connectivity index is 1.33. The highest BCUT2D eigenvalue weighted by Gasteiger charge is 2.23. The van der Waals surface area contributed by atoms with E-state index in [1.165, 1.54) is 0 Å². The van der Waals surface area contributed by atoms with Gasteiger partial charge in [0, 0.05) is 66.4 Å². The van der Waals surface area contributed by atoms with Crippen molar-refractivity contribution in [1.82, 2.24) is 20.2 Å². The fraction of sp³-hybridized carbons (Fsp3) is 0.414. The third-order valence-corrected chi connectivity index (χ3v) is 6.58. The van der Waals surface area contributed by atoms with Gasteiger partial charge in [0.2, 0.25) is 0 Å². The van der Waals surface area contributed by atoms with Gasteiger partial charge in [-0.05, 0) is 70.7 Å². The number of carbonyl (C=O) groups excluding carboxylic acids is 1. The Morgan fingerprint density at radius 2 is 2.05 bits per heavy atom. The van der Waals surface area contributed by atoms with Crippen LogP contribution in [-0.4, -0.2) is 52.2 Å². The lowest BCUT2D eigenvalue weighted by molar-refractivity contribution is 0.0479. The summed E-state index contributed by atoms with van der Waals surface area (Å²) in [6, 6.07) is 8.56. The average molecular weight is 501 g/mol. The highest BCUT2D eigenvalue weighted by molar-refractivity contribution is 5.89. The summed E-state index contributed by atoms with van der Waals surface area (Å²) in [7, 11) is 0. The lowest BCUT2D eigenvalue weighted by Crippen LogP contribution is -2.46. The van der Waals surface area contributed by atoms with Crippen molar-refractivity contribution in [2.75, 3.05) is 25.0 Å². The fourth-order valence-electron chi connectivity index (χ4n) is 4.62. The Morgan fingerprint density at radius 1 is 1.27 bits per heavy atom. The van der Waals surface area contributed by atoms with Crippen LogP contribution >= 0.6 is 0 Å². The molecular weight excluding hydrogens is 464 g/mol. The maximum Gasteiger partial charge on any atom is 0.407 e. The number of nitrogens with zero attached hydrogens (tertiary/aromatic N) is 3. The van der Waals surface area contributed by atoms with E-state index in [-0.39, 0.29) is 12.1 Å². The number of hydrogen-bond acceptors (Lipinski definition) is 6. The smallest absolute Gasteiger partial charge is 0.407 e. The van der Waals surface area contributed by atoms with Crippen LogP contribution in [0.1, 0.15) is 56.7 Å². The molecule has 2 aromatic heterocycles. The van der Waals surface area contributed by atoms with Crippen molar-refractivity contribution in [1.29, 1.82) is 5.26 Å². The van der Waals surface area contributed by atoms with E-state index in [1.807, 2.05) is 45.2 Å². The molecule has 4 rings (SSSR count). The number of nitrogens with one attached hydrogen (secondary N) is 3. The van der Waals surface area contributed by atoms with Crippen LogP contribution in [0.3, 0.4) is 0 Å². The fourth-order valence-corrected chi connectivity index (χ4v) is 4.62. The normalized spacial score (nSPS) is 15.1. The number of aromatic nitrogens is 2. The molecule has 0 unspecified atom stereocenters. The largest absolute Gasteiger partial charge is 0.444 e. The highest BCUT2D eigenvalue weighted by atomic mass is 16.6. The number of aromatic amines is 1. The first kappa shape index (κ1) is 26.2. The second kappa shape index (κ2) is 11.5. The predicted molar refractivity (Wildman–Crippen MR) is 148 cm³/mol. The van der Waals surface area contributed by atoms with Gasteiger partial charge in [-0.3, -0.25) is 4.98 Å². The maximum absolute atomic E-state index is 12.0. The molecule has 1 aliphatic heterocycles. The summed E-state index contributed by atoms with van der Waals surface area (Å²) in [5, 5.41) is 17.3. The summed E-state index contributed by atoms with van der Waals surface area (Å²) in [5.41, 5.74) is 4.85. The van der Waals surface area contributed by atoms with Gasteiger partial charge in [0.25, 0.3) is 0 Å². The summed E-state index contributed by atoms with van der Waals surface area (Å²) in [4.78, 5) is 21.9. The van der Waals surface area contributed by atoms with Gasteiger partial charge < -0.3 is 25.3 Å². The van der Waals surface area contributed by atoms with Gasteiger partial charge in [0.15, 0.2) is 0 Å². The van der Waals surface area contributed by atoms with Gasteiger partial charge >= 0.3 is 6.09 Å². The van der Waals surface area contributed by atoms with Gasteiger partial charge in [-0.15, -0.1) is 0 Å². The van der Waals surface area contributed by atoms with Gasteiger partial charge in [-0.1, -0.05) is 12.2 Å². The molecule has 3 N–H and O–H groups in total. The first-order chi connectivity index (χ1) is 17.7. The Labute approximate surface area is 218 Å². The zero-order chi connectivity index (χ0) is 26.4. The summed E-state index contributed by atoms with van der Waals surface area (Å²) in [5.74, 6) is 0. The van der Waals surface area contributed by atoms with Crippen molar-refractivity contribution < 1.29 is 9.53 Å². The molecule has 0 spiro atoms. The topological polar surface area (TPSA) is 106 Å². The van der Waals surface area contributed by atoms with Crippen molar-refractivity contribution in [2.24, 2.45) is 0 Å². The van der Waals surface area contributed by atoms with Crippen LogP contribution in [0, 0.1) is 18.3 Å². The number of rotatable bonds is 7. The van der Waals surface area contributed by atoms with Crippen molar-refractivity contribution in [3.63, 3.8) is 0 Å². The number of alkyl carbamates (subject to hydrolysis) is 1. The molecule has 0 radical (unpaired) electrons. The van der Waals surface area contributed by atoms with Crippen LogP contribution in [0.25, 0.3) is 17.0 Å². The van der Waals surface area contributed by atoms with Crippen LogP contribution in [0.15, 0.2) is 42.9 Å². The Hall–Kier alpha value is -3.83. The van der Waals surface area contributed by atoms with Crippen LogP contribution in [0.2, 0.25) is 0 Å². The number of H-pyrrole nitrogens is 1. The van der Waals surface area contributed by atoms with Crippen molar-refractivity contribution >= 4 is 34.4 Å². The molecule has 1 fully saturated rings. The van der Waals surface area contributed by atoms with Crippen molar-refractivity contribution in [2.45, 2.75) is 58.6 Å². The zero-order valence-electron chi connectivity index (χ0n) is 22.1. The molecule has 1 saturated heterocycles. The first-order valence-corrected chi connectivity index (χ1v) is 12.8. The van der Waals surface area contributed by atoms with E-state index in [1.54, 1.807) is 12.4 Å². The second-order valence-electron chi connectivity index (χ2n) is 10.5. The van der Waals surface area contributed by atoms with E-state index in [0.29, 0.717) is 5.56 Å². The Bertz CT molecular complexity index is 1310. The third-order valence-electron chi connectivity index (χ3n) is 6.58. The van der Waals surface area contributed by atoms with Gasteiger partial charge in [0.05, 0.1) is 11.3 Å². The number of carbonyl (C=O) groups is 1. The number of benzene rings is 1. The van der Waals surface area contributed by atoms with E-state index in [2.05, 4.69) is 50.6 Å². The molecule has 8 heteroatoms. The summed E-state index contributed by atoms with van der Waals surface area (Å²) in [6.45, 7) is 10.5. The van der Waals surface area contributed by atoms with Gasteiger partial charge in [0.1, 0.15) is 11.7 Å². The number of piperidine rings is 1. The second-order valence-corrected chi connectivity index (χ2v) is 10.5. The van der Waals surface area contributed by atoms with Crippen molar-refractivity contribution in [3.05, 3.63) is 59.6 Å². The first-order valence-electron chi connectivity index (χ1n) is 12.8. The molecule has 0 bridgehead atoms. The van der Waals surface area contributed by atoms with Crippen molar-refractivity contribution in [3.8, 4) is 6.07 Å². The number of nitriles is 1. The monoisotopic (exact) mass is 500 g/mol. The summed E-state index contributed by atoms with van der Waals surface area (Å²) >= 11 is 0. The SMILES string of the molecule is Cc1c(Nc2c(C#N)cncc2/C=C/CCN2CCC(NC(=O)OC(C)(C)C)CC2)ccc2[nH]ccc12. The van der Waals surface area contributed by atoms with E-state index in [4.69, 9.17) is 4.74 Å². The molecular formula is C29H36N6O2. The Morgan fingerprint density at radius 3 is 2.78 bits per heavy atom. The van der Waals surface area contributed by atoms with E-state index in [9.17, 15) is 10.1 Å². The number of hydrogen-bond donors (Lipinski definition) is 3. The molecule has 8 nitrogen and oxygen atoms in total. The zero-order valence-corrected chi connectivity index (χ0v) is 22.1. The molecule has 0 saturated carbocycles. The molecule has 1 aliphatic rings. The lowest BCUT2D eigenvalue weighted by Gasteiger charge is -2.32. The van der Waals surface area contributed by atoms with Crippen LogP contribution in [-0.2, 0) is 4.74 Å². The summed E-state index contributed by atoms with van der Waals surface area (Å²) in [6.07, 6.45) is 11.9. The predicted octanol–water partition coefficient (Wildman–Crippen LogP) is 5.88. The quantitative estimate of drug-likeness (QED) is 0.374. The highest BCUT2D eigenvalue weighted by Crippen LogP contribution is 2.31. The Kier molecular flexibility index (Phi) is 8.14. The van der Waals surface area contributed by atoms with Crippen LogP contribution in [0.5, 0.6) is 0 Å². The molecule has 194 valence electrons. The number of anilines is 2. The molecule has 3 heterocycles. The number of likely N-dealkylation sites (tertiary alicyclic amines) is 1. The van der Waals surface area contributed by atoms with E-state index in [0.717, 1.165) is 72.3 Å². The lowest BCUT2D eigenvalue weighted by atomic mass is 10.0. The van der Waals surface area contributed by atoms with Gasteiger partial charge in [-0.25, -0.2) is 4.79 Å². The average Bonchev–Trinajstić information content (AvgIpc) is 3.34. The third kappa shape index (κ3) is 6.89.